The zero-order chi connectivity index (χ0) is 14.7. The minimum Gasteiger partial charge on any atom is -0.323 e. The Morgan fingerprint density at radius 1 is 1.55 bits per heavy atom. The van der Waals surface area contributed by atoms with Crippen molar-refractivity contribution in [1.82, 2.24) is 4.98 Å². The first-order chi connectivity index (χ1) is 9.54. The van der Waals surface area contributed by atoms with Crippen LogP contribution in [-0.4, -0.2) is 16.9 Å². The van der Waals surface area contributed by atoms with Crippen LogP contribution in [0.2, 0.25) is 5.02 Å². The molecule has 0 aliphatic heterocycles. The summed E-state index contributed by atoms with van der Waals surface area (Å²) >= 11 is 6.25. The van der Waals surface area contributed by atoms with Crippen molar-refractivity contribution >= 4 is 34.1 Å². The van der Waals surface area contributed by atoms with Crippen LogP contribution in [0.25, 0.3) is 10.9 Å². The molecule has 1 atom stereocenters. The molecule has 1 aromatic carbocycles. The molecule has 3 N–H and O–H groups in total. The van der Waals surface area contributed by atoms with E-state index in [1.807, 2.05) is 26.0 Å². The Bertz CT molecular complexity index is 642. The molecule has 0 saturated heterocycles. The summed E-state index contributed by atoms with van der Waals surface area (Å²) in [6, 6.07) is 4.99. The highest BCUT2D eigenvalue weighted by molar-refractivity contribution is 6.35. The lowest BCUT2D eigenvalue weighted by Gasteiger charge is -2.15. The Morgan fingerprint density at radius 2 is 2.30 bits per heavy atom. The van der Waals surface area contributed by atoms with Crippen molar-refractivity contribution in [3.8, 4) is 0 Å². The Kier molecular flexibility index (Phi) is 4.57. The van der Waals surface area contributed by atoms with Gasteiger partial charge in [0.05, 0.1) is 22.3 Å². The molecule has 20 heavy (non-hydrogen) atoms. The van der Waals surface area contributed by atoms with Gasteiger partial charge in [-0.15, -0.1) is 0 Å². The summed E-state index contributed by atoms with van der Waals surface area (Å²) in [6.07, 6.45) is 3.22. The van der Waals surface area contributed by atoms with Crippen LogP contribution in [0.5, 0.6) is 0 Å². The number of fused-ring (bicyclic) bond motifs is 1. The lowest BCUT2D eigenvalue weighted by molar-refractivity contribution is -0.117. The van der Waals surface area contributed by atoms with Gasteiger partial charge in [-0.3, -0.25) is 9.78 Å². The second kappa shape index (κ2) is 6.20. The van der Waals surface area contributed by atoms with Crippen molar-refractivity contribution in [1.29, 1.82) is 0 Å². The fourth-order valence-corrected chi connectivity index (χ4v) is 2.48. The van der Waals surface area contributed by atoms with Gasteiger partial charge in [-0.25, -0.2) is 0 Å². The van der Waals surface area contributed by atoms with Gasteiger partial charge in [0.2, 0.25) is 5.91 Å². The molecule has 4 nitrogen and oxygen atoms in total. The number of aryl methyl sites for hydroxylation is 1. The molecule has 0 saturated carbocycles. The number of aromatic nitrogens is 1. The Balaban J connectivity index is 2.42. The van der Waals surface area contributed by atoms with Crippen molar-refractivity contribution in [2.75, 3.05) is 5.32 Å². The van der Waals surface area contributed by atoms with Crippen molar-refractivity contribution < 1.29 is 4.79 Å². The number of anilines is 1. The van der Waals surface area contributed by atoms with E-state index in [-0.39, 0.29) is 5.91 Å². The van der Waals surface area contributed by atoms with Gasteiger partial charge < -0.3 is 11.1 Å². The molecule has 2 rings (SSSR count). The van der Waals surface area contributed by atoms with Crippen LogP contribution in [-0.2, 0) is 4.79 Å². The minimum atomic E-state index is -0.524. The second-order valence-electron chi connectivity index (χ2n) is 4.83. The highest BCUT2D eigenvalue weighted by atomic mass is 35.5. The number of nitrogens with zero attached hydrogens (tertiary/aromatic N) is 1. The van der Waals surface area contributed by atoms with E-state index in [9.17, 15) is 4.79 Å². The van der Waals surface area contributed by atoms with Crippen molar-refractivity contribution in [3.05, 3.63) is 35.0 Å². The van der Waals surface area contributed by atoms with Crippen LogP contribution in [0, 0.1) is 6.92 Å². The number of hydrogen-bond donors (Lipinski definition) is 2. The van der Waals surface area contributed by atoms with Gasteiger partial charge in [-0.2, -0.15) is 0 Å². The summed E-state index contributed by atoms with van der Waals surface area (Å²) < 4.78 is 0. The summed E-state index contributed by atoms with van der Waals surface area (Å²) in [6.45, 7) is 3.93. The minimum absolute atomic E-state index is 0.220. The van der Waals surface area contributed by atoms with Gasteiger partial charge in [0.25, 0.3) is 0 Å². The average molecular weight is 292 g/mol. The predicted octanol–water partition coefficient (Wildman–Crippen LogP) is 3.26. The molecule has 2 aromatic rings. The molecule has 0 fully saturated rings. The molecule has 0 bridgehead atoms. The third-order valence-corrected chi connectivity index (χ3v) is 3.52. The number of halogens is 1. The highest BCUT2D eigenvalue weighted by Crippen LogP contribution is 2.32. The van der Waals surface area contributed by atoms with E-state index < -0.39 is 6.04 Å². The van der Waals surface area contributed by atoms with Gasteiger partial charge in [0.15, 0.2) is 0 Å². The van der Waals surface area contributed by atoms with Crippen LogP contribution in [0.3, 0.4) is 0 Å². The molecule has 1 aromatic heterocycles. The topological polar surface area (TPSA) is 68.0 Å². The number of nitrogens with one attached hydrogen (secondary N) is 1. The van der Waals surface area contributed by atoms with Gasteiger partial charge in [-0.05, 0) is 37.1 Å². The molecule has 0 radical (unpaired) electrons. The Labute approximate surface area is 123 Å². The number of benzene rings is 1. The molecule has 0 aliphatic carbocycles. The Morgan fingerprint density at radius 3 is 3.00 bits per heavy atom. The SMILES string of the molecule is CCCC(N)C(=O)Nc1c(Cl)cc(C)c2ncccc12. The number of hydrogen-bond acceptors (Lipinski definition) is 3. The van der Waals surface area contributed by atoms with E-state index in [4.69, 9.17) is 17.3 Å². The smallest absolute Gasteiger partial charge is 0.241 e. The molecule has 0 aliphatic rings. The lowest BCUT2D eigenvalue weighted by atomic mass is 10.1. The molecule has 1 unspecified atom stereocenters. The summed E-state index contributed by atoms with van der Waals surface area (Å²) in [7, 11) is 0. The first-order valence-electron chi connectivity index (χ1n) is 6.64. The normalized spacial score (nSPS) is 12.4. The number of pyridine rings is 1. The fraction of sp³-hybridized carbons (Fsp3) is 0.333. The zero-order valence-electron chi connectivity index (χ0n) is 11.6. The second-order valence-corrected chi connectivity index (χ2v) is 5.24. The third-order valence-electron chi connectivity index (χ3n) is 3.22. The number of amides is 1. The first-order valence-corrected chi connectivity index (χ1v) is 7.02. The standard InChI is InChI=1S/C15H18ClN3O/c1-3-5-12(17)15(20)19-14-10-6-4-7-18-13(10)9(2)8-11(14)16/h4,6-8,12H,3,5,17H2,1-2H3,(H,19,20). The van der Waals surface area contributed by atoms with Crippen molar-refractivity contribution in [3.63, 3.8) is 0 Å². The summed E-state index contributed by atoms with van der Waals surface area (Å²) in [5.41, 5.74) is 8.21. The fourth-order valence-electron chi connectivity index (χ4n) is 2.17. The van der Waals surface area contributed by atoms with Crippen LogP contribution in [0.4, 0.5) is 5.69 Å². The van der Waals surface area contributed by atoms with E-state index in [1.54, 1.807) is 12.3 Å². The van der Waals surface area contributed by atoms with Crippen molar-refractivity contribution in [2.45, 2.75) is 32.7 Å². The van der Waals surface area contributed by atoms with E-state index in [2.05, 4.69) is 10.3 Å². The van der Waals surface area contributed by atoms with Crippen LogP contribution in [0.15, 0.2) is 24.4 Å². The van der Waals surface area contributed by atoms with E-state index in [0.717, 1.165) is 22.9 Å². The Hall–Kier alpha value is -1.65. The molecular formula is C15H18ClN3O. The maximum absolute atomic E-state index is 12.1. The largest absolute Gasteiger partial charge is 0.323 e. The van der Waals surface area contributed by atoms with Crippen LogP contribution >= 0.6 is 11.6 Å². The third kappa shape index (κ3) is 2.92. The monoisotopic (exact) mass is 291 g/mol. The maximum Gasteiger partial charge on any atom is 0.241 e. The van der Waals surface area contributed by atoms with E-state index >= 15 is 0 Å². The van der Waals surface area contributed by atoms with Gasteiger partial charge in [0, 0.05) is 11.6 Å². The lowest BCUT2D eigenvalue weighted by Crippen LogP contribution is -2.35. The molecule has 106 valence electrons. The predicted molar refractivity (Wildman–Crippen MR) is 83.0 cm³/mol. The number of carbonyl (C=O) groups excluding carboxylic acids is 1. The highest BCUT2D eigenvalue weighted by Gasteiger charge is 2.16. The maximum atomic E-state index is 12.1. The van der Waals surface area contributed by atoms with Crippen LogP contribution in [0.1, 0.15) is 25.3 Å². The molecule has 5 heteroatoms. The average Bonchev–Trinajstić information content (AvgIpc) is 2.43. The van der Waals surface area contributed by atoms with Gasteiger partial charge >= 0.3 is 0 Å². The quantitative estimate of drug-likeness (QED) is 0.908. The molecule has 1 heterocycles. The van der Waals surface area contributed by atoms with Crippen molar-refractivity contribution in [2.24, 2.45) is 5.73 Å². The van der Waals surface area contributed by atoms with Gasteiger partial charge in [0.1, 0.15) is 0 Å². The number of carbonyl (C=O) groups is 1. The van der Waals surface area contributed by atoms with Gasteiger partial charge in [-0.1, -0.05) is 24.9 Å². The number of nitrogens with two attached hydrogens (primary N) is 1. The van der Waals surface area contributed by atoms with E-state index in [1.165, 1.54) is 0 Å². The molecule has 1 amide bonds. The zero-order valence-corrected chi connectivity index (χ0v) is 12.4. The molecular weight excluding hydrogens is 274 g/mol. The summed E-state index contributed by atoms with van der Waals surface area (Å²) in [5, 5.41) is 4.16. The summed E-state index contributed by atoms with van der Waals surface area (Å²) in [4.78, 5) is 16.4. The summed E-state index contributed by atoms with van der Waals surface area (Å²) in [5.74, 6) is -0.220. The first kappa shape index (κ1) is 14.8. The molecule has 0 spiro atoms. The number of rotatable bonds is 4. The van der Waals surface area contributed by atoms with Crippen LogP contribution < -0.4 is 11.1 Å². The van der Waals surface area contributed by atoms with E-state index in [0.29, 0.717) is 17.1 Å².